The number of hydrogen-bond donors (Lipinski definition) is 1. The normalized spacial score (nSPS) is 19.4. The molecule has 0 spiro atoms. The Morgan fingerprint density at radius 3 is 3.20 bits per heavy atom. The van der Waals surface area contributed by atoms with E-state index in [2.05, 4.69) is 10.3 Å². The minimum Gasteiger partial charge on any atom is -0.463 e. The van der Waals surface area contributed by atoms with Crippen LogP contribution < -0.4 is 10.1 Å². The molecule has 2 rings (SSSR count). The summed E-state index contributed by atoms with van der Waals surface area (Å²) in [4.78, 5) is 15.2. The van der Waals surface area contributed by atoms with Crippen molar-refractivity contribution < 1.29 is 9.53 Å². The van der Waals surface area contributed by atoms with Gasteiger partial charge in [0.1, 0.15) is 11.6 Å². The van der Waals surface area contributed by atoms with Crippen LogP contribution in [0.4, 0.5) is 0 Å². The zero-order valence-electron chi connectivity index (χ0n) is 7.93. The van der Waals surface area contributed by atoms with Crippen LogP contribution in [0.3, 0.4) is 0 Å². The van der Waals surface area contributed by atoms with Gasteiger partial charge in [-0.2, -0.15) is 5.26 Å². The van der Waals surface area contributed by atoms with Crippen molar-refractivity contribution in [2.24, 2.45) is 0 Å². The maximum atomic E-state index is 11.2. The molecule has 2 heterocycles. The molecule has 0 aromatic carbocycles. The number of nitriles is 1. The van der Waals surface area contributed by atoms with Gasteiger partial charge in [0, 0.05) is 19.2 Å². The minimum atomic E-state index is -0.521. The van der Waals surface area contributed by atoms with Crippen molar-refractivity contribution in [2.75, 3.05) is 6.54 Å². The molecule has 1 aromatic rings. The Morgan fingerprint density at radius 2 is 2.53 bits per heavy atom. The molecule has 0 bridgehead atoms. The highest BCUT2D eigenvalue weighted by Crippen LogP contribution is 2.16. The maximum absolute atomic E-state index is 11.2. The van der Waals surface area contributed by atoms with Crippen molar-refractivity contribution in [3.63, 3.8) is 0 Å². The molecule has 1 saturated heterocycles. The van der Waals surface area contributed by atoms with Crippen LogP contribution in [0.1, 0.15) is 12.0 Å². The van der Waals surface area contributed by atoms with E-state index in [1.165, 1.54) is 6.20 Å². The molecule has 1 unspecified atom stereocenters. The molecular formula is C10H9N3O2. The summed E-state index contributed by atoms with van der Waals surface area (Å²) in [6, 6.07) is 5.22. The monoisotopic (exact) mass is 203 g/mol. The van der Waals surface area contributed by atoms with E-state index >= 15 is 0 Å². The SMILES string of the molecule is N#Cc1cccnc1OC1CCNC1=O. The average Bonchev–Trinajstić information content (AvgIpc) is 2.65. The van der Waals surface area contributed by atoms with E-state index in [1.54, 1.807) is 12.1 Å². The Bertz CT molecular complexity index is 425. The number of nitrogens with zero attached hydrogens (tertiary/aromatic N) is 2. The zero-order chi connectivity index (χ0) is 10.7. The van der Waals surface area contributed by atoms with Crippen LogP contribution in [0, 0.1) is 11.3 Å². The Balaban J connectivity index is 2.17. The highest BCUT2D eigenvalue weighted by molar-refractivity contribution is 5.83. The number of pyridine rings is 1. The number of amides is 1. The van der Waals surface area contributed by atoms with E-state index in [4.69, 9.17) is 10.00 Å². The highest BCUT2D eigenvalue weighted by Gasteiger charge is 2.26. The van der Waals surface area contributed by atoms with Crippen molar-refractivity contribution in [3.05, 3.63) is 23.9 Å². The molecule has 0 radical (unpaired) electrons. The third kappa shape index (κ3) is 1.89. The summed E-state index contributed by atoms with van der Waals surface area (Å²) >= 11 is 0. The molecule has 15 heavy (non-hydrogen) atoms. The van der Waals surface area contributed by atoms with Crippen molar-refractivity contribution in [2.45, 2.75) is 12.5 Å². The fourth-order valence-electron chi connectivity index (χ4n) is 1.39. The molecule has 0 saturated carbocycles. The van der Waals surface area contributed by atoms with Crippen LogP contribution in [0.2, 0.25) is 0 Å². The van der Waals surface area contributed by atoms with Crippen LogP contribution in [-0.4, -0.2) is 23.5 Å². The quantitative estimate of drug-likeness (QED) is 0.746. The summed E-state index contributed by atoms with van der Waals surface area (Å²) in [5, 5.41) is 11.4. The summed E-state index contributed by atoms with van der Waals surface area (Å²) in [6.45, 7) is 0.609. The van der Waals surface area contributed by atoms with Gasteiger partial charge in [0.25, 0.3) is 5.91 Å². The van der Waals surface area contributed by atoms with Gasteiger partial charge in [-0.15, -0.1) is 0 Å². The number of aromatic nitrogens is 1. The standard InChI is InChI=1S/C10H9N3O2/c11-6-7-2-1-4-13-10(7)15-8-3-5-12-9(8)14/h1-2,4,8H,3,5H2,(H,12,14). The van der Waals surface area contributed by atoms with E-state index < -0.39 is 6.10 Å². The van der Waals surface area contributed by atoms with E-state index in [9.17, 15) is 4.79 Å². The van der Waals surface area contributed by atoms with E-state index in [1.807, 2.05) is 6.07 Å². The fraction of sp³-hybridized carbons (Fsp3) is 0.300. The summed E-state index contributed by atoms with van der Waals surface area (Å²) < 4.78 is 5.36. The predicted molar refractivity (Wildman–Crippen MR) is 51.0 cm³/mol. The molecule has 1 N–H and O–H groups in total. The molecule has 5 nitrogen and oxygen atoms in total. The molecule has 1 atom stereocenters. The fourth-order valence-corrected chi connectivity index (χ4v) is 1.39. The zero-order valence-corrected chi connectivity index (χ0v) is 7.93. The van der Waals surface area contributed by atoms with Gasteiger partial charge in [-0.3, -0.25) is 4.79 Å². The highest BCUT2D eigenvalue weighted by atomic mass is 16.5. The molecule has 1 aliphatic heterocycles. The second-order valence-electron chi connectivity index (χ2n) is 3.15. The molecule has 5 heteroatoms. The Labute approximate surface area is 86.7 Å². The minimum absolute atomic E-state index is 0.149. The van der Waals surface area contributed by atoms with E-state index in [0.29, 0.717) is 18.5 Å². The lowest BCUT2D eigenvalue weighted by Gasteiger charge is -2.10. The topological polar surface area (TPSA) is 75.0 Å². The lowest BCUT2D eigenvalue weighted by molar-refractivity contribution is -0.125. The van der Waals surface area contributed by atoms with Crippen LogP contribution in [-0.2, 0) is 4.79 Å². The molecule has 1 aliphatic rings. The first kappa shape index (κ1) is 9.46. The third-order valence-corrected chi connectivity index (χ3v) is 2.14. The Morgan fingerprint density at radius 1 is 1.67 bits per heavy atom. The maximum Gasteiger partial charge on any atom is 0.261 e. The van der Waals surface area contributed by atoms with Gasteiger partial charge in [0.2, 0.25) is 5.88 Å². The first-order valence-electron chi connectivity index (χ1n) is 4.61. The number of carbonyl (C=O) groups excluding carboxylic acids is 1. The summed E-state index contributed by atoms with van der Waals surface area (Å²) in [7, 11) is 0. The van der Waals surface area contributed by atoms with Crippen LogP contribution >= 0.6 is 0 Å². The van der Waals surface area contributed by atoms with Crippen molar-refractivity contribution in [1.29, 1.82) is 5.26 Å². The average molecular weight is 203 g/mol. The van der Waals surface area contributed by atoms with Gasteiger partial charge in [0.05, 0.1) is 0 Å². The summed E-state index contributed by atoms with van der Waals surface area (Å²) in [5.41, 5.74) is 0.345. The smallest absolute Gasteiger partial charge is 0.261 e. The molecule has 0 aliphatic carbocycles. The lowest BCUT2D eigenvalue weighted by Crippen LogP contribution is -2.28. The summed E-state index contributed by atoms with van der Waals surface area (Å²) in [5.74, 6) is 0.0755. The van der Waals surface area contributed by atoms with Crippen molar-refractivity contribution in [1.82, 2.24) is 10.3 Å². The van der Waals surface area contributed by atoms with Gasteiger partial charge in [-0.25, -0.2) is 4.98 Å². The van der Waals surface area contributed by atoms with Crippen molar-refractivity contribution in [3.8, 4) is 11.9 Å². The lowest BCUT2D eigenvalue weighted by atomic mass is 10.3. The first-order valence-corrected chi connectivity index (χ1v) is 4.61. The van der Waals surface area contributed by atoms with Gasteiger partial charge in [0.15, 0.2) is 6.10 Å². The predicted octanol–water partition coefficient (Wildman–Crippen LogP) is 0.221. The molecule has 1 amide bonds. The Hall–Kier alpha value is -2.09. The third-order valence-electron chi connectivity index (χ3n) is 2.14. The van der Waals surface area contributed by atoms with Gasteiger partial charge < -0.3 is 10.1 Å². The molecule has 1 fully saturated rings. The number of hydrogen-bond acceptors (Lipinski definition) is 4. The number of rotatable bonds is 2. The van der Waals surface area contributed by atoms with Gasteiger partial charge in [-0.05, 0) is 12.1 Å². The molecular weight excluding hydrogens is 194 g/mol. The summed E-state index contributed by atoms with van der Waals surface area (Å²) in [6.07, 6.45) is 1.62. The van der Waals surface area contributed by atoms with Crippen LogP contribution in [0.5, 0.6) is 5.88 Å². The van der Waals surface area contributed by atoms with Crippen LogP contribution in [0.15, 0.2) is 18.3 Å². The van der Waals surface area contributed by atoms with Gasteiger partial charge >= 0.3 is 0 Å². The second kappa shape index (κ2) is 3.96. The number of nitrogens with one attached hydrogen (secondary N) is 1. The Kier molecular flexibility index (Phi) is 2.50. The second-order valence-corrected chi connectivity index (χ2v) is 3.15. The van der Waals surface area contributed by atoms with Gasteiger partial charge in [-0.1, -0.05) is 0 Å². The van der Waals surface area contributed by atoms with Crippen molar-refractivity contribution >= 4 is 5.91 Å². The molecule has 1 aromatic heterocycles. The number of ether oxygens (including phenoxy) is 1. The van der Waals surface area contributed by atoms with E-state index in [0.717, 1.165) is 0 Å². The van der Waals surface area contributed by atoms with E-state index in [-0.39, 0.29) is 11.8 Å². The molecule has 76 valence electrons. The largest absolute Gasteiger partial charge is 0.463 e. The van der Waals surface area contributed by atoms with Crippen LogP contribution in [0.25, 0.3) is 0 Å². The first-order chi connectivity index (χ1) is 7.31. The number of carbonyl (C=O) groups is 1.